The van der Waals surface area contributed by atoms with Crippen LogP contribution in [0.1, 0.15) is 10.4 Å². The van der Waals surface area contributed by atoms with Gasteiger partial charge in [-0.1, -0.05) is 15.9 Å². The summed E-state index contributed by atoms with van der Waals surface area (Å²) in [7, 11) is 0. The van der Waals surface area contributed by atoms with Crippen LogP contribution in [0, 0.1) is 5.82 Å². The van der Waals surface area contributed by atoms with Crippen molar-refractivity contribution in [2.24, 2.45) is 0 Å². The normalized spacial score (nSPS) is 20.8. The van der Waals surface area contributed by atoms with Crippen LogP contribution in [0.15, 0.2) is 22.7 Å². The van der Waals surface area contributed by atoms with Crippen molar-refractivity contribution < 1.29 is 9.18 Å². The molecule has 16 heavy (non-hydrogen) atoms. The minimum absolute atomic E-state index is 0.0870. The van der Waals surface area contributed by atoms with Gasteiger partial charge in [-0.2, -0.15) is 11.8 Å². The van der Waals surface area contributed by atoms with Crippen molar-refractivity contribution in [2.75, 3.05) is 17.3 Å². The Morgan fingerprint density at radius 3 is 2.94 bits per heavy atom. The predicted octanol–water partition coefficient (Wildman–Crippen LogP) is 3.62. The maximum Gasteiger partial charge on any atom is 0.179 e. The number of hydrogen-bond donors (Lipinski definition) is 0. The standard InChI is InChI=1S/C11H10BrFOS2/c12-7-1-2-9(13)8(5-7)11(14)10-6-15-3-4-16-10/h1-2,5,10H,3-4,6H2. The zero-order valence-electron chi connectivity index (χ0n) is 8.41. The second kappa shape index (κ2) is 5.56. The number of carbonyl (C=O) groups is 1. The minimum Gasteiger partial charge on any atom is -0.293 e. The maximum atomic E-state index is 13.5. The van der Waals surface area contributed by atoms with E-state index in [-0.39, 0.29) is 16.6 Å². The average Bonchev–Trinajstić information content (AvgIpc) is 2.32. The Balaban J connectivity index is 2.22. The van der Waals surface area contributed by atoms with E-state index in [1.165, 1.54) is 6.07 Å². The van der Waals surface area contributed by atoms with Gasteiger partial charge in [0.2, 0.25) is 0 Å². The van der Waals surface area contributed by atoms with Crippen molar-refractivity contribution in [2.45, 2.75) is 5.25 Å². The highest BCUT2D eigenvalue weighted by Crippen LogP contribution is 2.28. The molecule has 1 heterocycles. The van der Waals surface area contributed by atoms with E-state index < -0.39 is 5.82 Å². The molecule has 0 aliphatic carbocycles. The quantitative estimate of drug-likeness (QED) is 0.775. The summed E-state index contributed by atoms with van der Waals surface area (Å²) < 4.78 is 14.3. The molecule has 1 saturated heterocycles. The second-order valence-corrected chi connectivity index (χ2v) is 6.80. The van der Waals surface area contributed by atoms with Crippen molar-refractivity contribution in [3.05, 3.63) is 34.1 Å². The first-order valence-corrected chi connectivity index (χ1v) is 7.87. The van der Waals surface area contributed by atoms with Gasteiger partial charge in [-0.3, -0.25) is 4.79 Å². The Bertz CT molecular complexity index is 405. The first kappa shape index (κ1) is 12.5. The van der Waals surface area contributed by atoms with Crippen LogP contribution in [0.2, 0.25) is 0 Å². The number of benzene rings is 1. The van der Waals surface area contributed by atoms with Crippen molar-refractivity contribution in [1.29, 1.82) is 0 Å². The van der Waals surface area contributed by atoms with Crippen molar-refractivity contribution in [3.8, 4) is 0 Å². The SMILES string of the molecule is O=C(c1cc(Br)ccc1F)C1CSCCS1. The third-order valence-electron chi connectivity index (χ3n) is 2.30. The molecule has 1 aliphatic rings. The van der Waals surface area contributed by atoms with Crippen molar-refractivity contribution in [1.82, 2.24) is 0 Å². The lowest BCUT2D eigenvalue weighted by molar-refractivity contribution is 0.0991. The molecule has 1 fully saturated rings. The zero-order chi connectivity index (χ0) is 11.5. The molecule has 86 valence electrons. The summed E-state index contributed by atoms with van der Waals surface area (Å²) >= 11 is 6.65. The first-order valence-electron chi connectivity index (χ1n) is 4.87. The molecule has 0 spiro atoms. The Morgan fingerprint density at radius 1 is 1.44 bits per heavy atom. The van der Waals surface area contributed by atoms with Gasteiger partial charge in [-0.25, -0.2) is 4.39 Å². The summed E-state index contributed by atoms with van der Waals surface area (Å²) in [5.74, 6) is 2.32. The Morgan fingerprint density at radius 2 is 2.25 bits per heavy atom. The summed E-state index contributed by atoms with van der Waals surface area (Å²) in [5.41, 5.74) is 0.203. The molecular formula is C11H10BrFOS2. The molecule has 0 amide bonds. The Hall–Kier alpha value is -0.000000000000000222. The van der Waals surface area contributed by atoms with Crippen LogP contribution >= 0.6 is 39.5 Å². The van der Waals surface area contributed by atoms with Gasteiger partial charge in [0.25, 0.3) is 0 Å². The molecule has 2 rings (SSSR count). The fourth-order valence-electron chi connectivity index (χ4n) is 1.50. The summed E-state index contributed by atoms with van der Waals surface area (Å²) in [6.45, 7) is 0. The number of rotatable bonds is 2. The third-order valence-corrected chi connectivity index (χ3v) is 5.55. The number of Topliss-reactive ketones (excluding diaryl/α,β-unsaturated/α-hetero) is 1. The lowest BCUT2D eigenvalue weighted by atomic mass is 10.1. The monoisotopic (exact) mass is 320 g/mol. The molecule has 1 aromatic carbocycles. The molecule has 0 radical (unpaired) electrons. The number of thioether (sulfide) groups is 2. The number of halogens is 2. The van der Waals surface area contributed by atoms with Crippen LogP contribution < -0.4 is 0 Å². The van der Waals surface area contributed by atoms with Crippen molar-refractivity contribution >= 4 is 45.2 Å². The summed E-state index contributed by atoms with van der Waals surface area (Å²) in [4.78, 5) is 12.1. The first-order chi connectivity index (χ1) is 7.68. The van der Waals surface area contributed by atoms with E-state index in [4.69, 9.17) is 0 Å². The van der Waals surface area contributed by atoms with E-state index >= 15 is 0 Å². The smallest absolute Gasteiger partial charge is 0.179 e. The van der Waals surface area contributed by atoms with E-state index in [0.717, 1.165) is 21.7 Å². The molecule has 0 bridgehead atoms. The van der Waals surface area contributed by atoms with E-state index in [1.54, 1.807) is 35.7 Å². The van der Waals surface area contributed by atoms with Crippen LogP contribution in [0.4, 0.5) is 4.39 Å². The van der Waals surface area contributed by atoms with Gasteiger partial charge in [0.15, 0.2) is 5.78 Å². The van der Waals surface area contributed by atoms with E-state index in [1.807, 2.05) is 0 Å². The Kier molecular flexibility index (Phi) is 4.33. The molecule has 1 aromatic rings. The number of ketones is 1. The molecule has 0 aromatic heterocycles. The molecule has 1 aliphatic heterocycles. The van der Waals surface area contributed by atoms with Crippen LogP contribution in [0.3, 0.4) is 0 Å². The minimum atomic E-state index is -0.427. The molecule has 0 N–H and O–H groups in total. The van der Waals surface area contributed by atoms with E-state index in [0.29, 0.717) is 0 Å². The fraction of sp³-hybridized carbons (Fsp3) is 0.364. The molecular weight excluding hydrogens is 311 g/mol. The van der Waals surface area contributed by atoms with Gasteiger partial charge in [-0.15, -0.1) is 11.8 Å². The summed E-state index contributed by atoms with van der Waals surface area (Å²) in [6, 6.07) is 4.50. The number of hydrogen-bond acceptors (Lipinski definition) is 3. The predicted molar refractivity (Wildman–Crippen MR) is 72.0 cm³/mol. The van der Waals surface area contributed by atoms with Gasteiger partial charge < -0.3 is 0 Å². The lowest BCUT2D eigenvalue weighted by Gasteiger charge is -2.19. The second-order valence-electron chi connectivity index (χ2n) is 3.42. The zero-order valence-corrected chi connectivity index (χ0v) is 11.6. The molecule has 1 unspecified atom stereocenters. The highest BCUT2D eigenvalue weighted by Gasteiger charge is 2.25. The van der Waals surface area contributed by atoms with E-state index in [2.05, 4.69) is 15.9 Å². The highest BCUT2D eigenvalue weighted by molar-refractivity contribution is 9.10. The average molecular weight is 321 g/mol. The van der Waals surface area contributed by atoms with Gasteiger partial charge in [-0.05, 0) is 18.2 Å². The fourth-order valence-corrected chi connectivity index (χ4v) is 4.48. The largest absolute Gasteiger partial charge is 0.293 e. The van der Waals surface area contributed by atoms with Gasteiger partial charge in [0.05, 0.1) is 10.8 Å². The van der Waals surface area contributed by atoms with Gasteiger partial charge in [0.1, 0.15) is 5.82 Å². The van der Waals surface area contributed by atoms with Crippen molar-refractivity contribution in [3.63, 3.8) is 0 Å². The van der Waals surface area contributed by atoms with Gasteiger partial charge >= 0.3 is 0 Å². The van der Waals surface area contributed by atoms with Crippen LogP contribution in [-0.2, 0) is 0 Å². The Labute approximate surface area is 111 Å². The van der Waals surface area contributed by atoms with Crippen LogP contribution in [0.25, 0.3) is 0 Å². The van der Waals surface area contributed by atoms with Crippen LogP contribution in [0.5, 0.6) is 0 Å². The number of carbonyl (C=O) groups excluding carboxylic acids is 1. The van der Waals surface area contributed by atoms with E-state index in [9.17, 15) is 9.18 Å². The molecule has 1 atom stereocenters. The topological polar surface area (TPSA) is 17.1 Å². The highest BCUT2D eigenvalue weighted by atomic mass is 79.9. The molecule has 1 nitrogen and oxygen atoms in total. The van der Waals surface area contributed by atoms with Gasteiger partial charge in [0, 0.05) is 21.7 Å². The maximum absolute atomic E-state index is 13.5. The van der Waals surface area contributed by atoms with Crippen LogP contribution in [-0.4, -0.2) is 28.3 Å². The molecule has 5 heteroatoms. The summed E-state index contributed by atoms with van der Waals surface area (Å²) in [5, 5.41) is -0.0949. The summed E-state index contributed by atoms with van der Waals surface area (Å²) in [6.07, 6.45) is 0. The lowest BCUT2D eigenvalue weighted by Crippen LogP contribution is -2.25. The molecule has 0 saturated carbocycles. The third kappa shape index (κ3) is 2.81.